The number of benzene rings is 2. The molecule has 0 aromatic heterocycles. The van der Waals surface area contributed by atoms with Crippen molar-refractivity contribution < 1.29 is 4.74 Å². The van der Waals surface area contributed by atoms with Gasteiger partial charge in [0.15, 0.2) is 0 Å². The molecular weight excluding hydrogens is 246 g/mol. The summed E-state index contributed by atoms with van der Waals surface area (Å²) in [4.78, 5) is 0. The van der Waals surface area contributed by atoms with Gasteiger partial charge >= 0.3 is 0 Å². The Bertz CT molecular complexity index is 606. The Morgan fingerprint density at radius 2 is 2.05 bits per heavy atom. The number of methoxy groups -OCH3 is 1. The first kappa shape index (κ1) is 13.2. The zero-order valence-corrected chi connectivity index (χ0v) is 12.1. The smallest absolute Gasteiger partial charge is 0.121 e. The van der Waals surface area contributed by atoms with Gasteiger partial charge in [0.25, 0.3) is 0 Å². The van der Waals surface area contributed by atoms with Crippen LogP contribution in [-0.4, -0.2) is 7.11 Å². The lowest BCUT2D eigenvalue weighted by atomic mass is 10.1. The monoisotopic (exact) mass is 267 g/mol. The molecule has 1 aliphatic carbocycles. The van der Waals surface area contributed by atoms with E-state index in [1.54, 1.807) is 7.11 Å². The Morgan fingerprint density at radius 1 is 1.20 bits per heavy atom. The lowest BCUT2D eigenvalue weighted by Gasteiger charge is -2.15. The van der Waals surface area contributed by atoms with Gasteiger partial charge in [-0.2, -0.15) is 0 Å². The topological polar surface area (TPSA) is 21.3 Å². The van der Waals surface area contributed by atoms with Gasteiger partial charge in [0.2, 0.25) is 0 Å². The third kappa shape index (κ3) is 2.56. The van der Waals surface area contributed by atoms with Crippen LogP contribution in [0.5, 0.6) is 5.75 Å². The molecule has 1 aliphatic rings. The van der Waals surface area contributed by atoms with Crippen LogP contribution in [0.3, 0.4) is 0 Å². The van der Waals surface area contributed by atoms with Gasteiger partial charge in [-0.05, 0) is 48.1 Å². The molecule has 0 aliphatic heterocycles. The Hall–Kier alpha value is -1.80. The number of hydrogen-bond donors (Lipinski definition) is 1. The lowest BCUT2D eigenvalue weighted by Crippen LogP contribution is -2.18. The van der Waals surface area contributed by atoms with E-state index in [-0.39, 0.29) is 0 Å². The predicted molar refractivity (Wildman–Crippen MR) is 82.1 cm³/mol. The summed E-state index contributed by atoms with van der Waals surface area (Å²) in [5.74, 6) is 0.958. The van der Waals surface area contributed by atoms with E-state index >= 15 is 0 Å². The molecule has 0 fully saturated rings. The summed E-state index contributed by atoms with van der Waals surface area (Å²) in [6.07, 6.45) is 2.39. The summed E-state index contributed by atoms with van der Waals surface area (Å²) < 4.78 is 5.30. The highest BCUT2D eigenvalue weighted by molar-refractivity contribution is 5.37. The van der Waals surface area contributed by atoms with Crippen molar-refractivity contribution >= 4 is 0 Å². The van der Waals surface area contributed by atoms with Gasteiger partial charge in [-0.1, -0.05) is 36.4 Å². The molecule has 0 saturated carbocycles. The predicted octanol–water partition coefficient (Wildman–Crippen LogP) is 3.78. The lowest BCUT2D eigenvalue weighted by molar-refractivity contribution is 0.411. The minimum Gasteiger partial charge on any atom is -0.496 e. The largest absolute Gasteiger partial charge is 0.496 e. The van der Waals surface area contributed by atoms with Crippen molar-refractivity contribution in [2.75, 3.05) is 7.11 Å². The van der Waals surface area contributed by atoms with Crippen LogP contribution in [0.2, 0.25) is 0 Å². The first-order valence-corrected chi connectivity index (χ1v) is 7.22. The molecular formula is C18H21NO. The van der Waals surface area contributed by atoms with Gasteiger partial charge in [0, 0.05) is 12.6 Å². The van der Waals surface area contributed by atoms with Crippen LogP contribution in [-0.2, 0) is 13.0 Å². The highest BCUT2D eigenvalue weighted by atomic mass is 16.5. The number of aryl methyl sites for hydroxylation is 2. The zero-order valence-electron chi connectivity index (χ0n) is 12.1. The molecule has 2 aromatic rings. The minimum atomic E-state index is 0.494. The van der Waals surface area contributed by atoms with Gasteiger partial charge in [-0.15, -0.1) is 0 Å². The molecule has 0 radical (unpaired) electrons. The van der Waals surface area contributed by atoms with Crippen molar-refractivity contribution in [3.63, 3.8) is 0 Å². The normalized spacial score (nSPS) is 17.0. The molecule has 20 heavy (non-hydrogen) atoms. The summed E-state index contributed by atoms with van der Waals surface area (Å²) in [6, 6.07) is 15.6. The first-order valence-electron chi connectivity index (χ1n) is 7.22. The van der Waals surface area contributed by atoms with E-state index in [1.807, 2.05) is 0 Å². The highest BCUT2D eigenvalue weighted by Gasteiger charge is 2.20. The van der Waals surface area contributed by atoms with Crippen LogP contribution in [0.15, 0.2) is 42.5 Å². The molecule has 0 bridgehead atoms. The summed E-state index contributed by atoms with van der Waals surface area (Å²) in [7, 11) is 1.72. The van der Waals surface area contributed by atoms with Crippen LogP contribution < -0.4 is 10.1 Å². The van der Waals surface area contributed by atoms with E-state index in [0.29, 0.717) is 6.04 Å². The second-order valence-corrected chi connectivity index (χ2v) is 5.47. The van der Waals surface area contributed by atoms with E-state index in [2.05, 4.69) is 54.7 Å². The molecule has 0 amide bonds. The summed E-state index contributed by atoms with van der Waals surface area (Å²) in [5, 5.41) is 3.68. The van der Waals surface area contributed by atoms with Crippen LogP contribution in [0.4, 0.5) is 0 Å². The third-order valence-electron chi connectivity index (χ3n) is 4.14. The van der Waals surface area contributed by atoms with Crippen LogP contribution >= 0.6 is 0 Å². The Kier molecular flexibility index (Phi) is 3.75. The Labute approximate surface area is 120 Å². The van der Waals surface area contributed by atoms with E-state index in [0.717, 1.165) is 12.3 Å². The van der Waals surface area contributed by atoms with Crippen molar-refractivity contribution in [2.24, 2.45) is 0 Å². The van der Waals surface area contributed by atoms with E-state index in [4.69, 9.17) is 4.74 Å². The number of fused-ring (bicyclic) bond motifs is 1. The van der Waals surface area contributed by atoms with Crippen molar-refractivity contribution in [3.8, 4) is 5.75 Å². The van der Waals surface area contributed by atoms with Gasteiger partial charge in [0.1, 0.15) is 5.75 Å². The fourth-order valence-corrected chi connectivity index (χ4v) is 3.06. The molecule has 0 saturated heterocycles. The SMILES string of the molecule is COc1ccc(CNC2CCc3ccccc32)cc1C. The summed E-state index contributed by atoms with van der Waals surface area (Å²) in [5.41, 5.74) is 5.47. The van der Waals surface area contributed by atoms with Gasteiger partial charge in [-0.3, -0.25) is 0 Å². The fourth-order valence-electron chi connectivity index (χ4n) is 3.06. The van der Waals surface area contributed by atoms with Crippen molar-refractivity contribution in [3.05, 3.63) is 64.7 Å². The standard InChI is InChI=1S/C18H21NO/c1-13-11-14(7-10-18(13)20-2)12-19-17-9-8-15-5-3-4-6-16(15)17/h3-7,10-11,17,19H,8-9,12H2,1-2H3. The number of hydrogen-bond acceptors (Lipinski definition) is 2. The maximum absolute atomic E-state index is 5.30. The Morgan fingerprint density at radius 3 is 2.85 bits per heavy atom. The molecule has 2 aromatic carbocycles. The first-order chi connectivity index (χ1) is 9.78. The van der Waals surface area contributed by atoms with Crippen molar-refractivity contribution in [1.29, 1.82) is 0 Å². The Balaban J connectivity index is 1.67. The number of rotatable bonds is 4. The molecule has 1 N–H and O–H groups in total. The van der Waals surface area contributed by atoms with E-state index in [9.17, 15) is 0 Å². The van der Waals surface area contributed by atoms with E-state index in [1.165, 1.54) is 35.1 Å². The minimum absolute atomic E-state index is 0.494. The third-order valence-corrected chi connectivity index (χ3v) is 4.14. The maximum atomic E-state index is 5.30. The second-order valence-electron chi connectivity index (χ2n) is 5.47. The van der Waals surface area contributed by atoms with Crippen LogP contribution in [0.25, 0.3) is 0 Å². The quantitative estimate of drug-likeness (QED) is 0.910. The zero-order chi connectivity index (χ0) is 13.9. The van der Waals surface area contributed by atoms with Gasteiger partial charge in [0.05, 0.1) is 7.11 Å². The van der Waals surface area contributed by atoms with Gasteiger partial charge in [-0.25, -0.2) is 0 Å². The molecule has 0 heterocycles. The fraction of sp³-hybridized carbons (Fsp3) is 0.333. The second kappa shape index (κ2) is 5.68. The molecule has 2 heteroatoms. The summed E-state index contributed by atoms with van der Waals surface area (Å²) >= 11 is 0. The number of ether oxygens (including phenoxy) is 1. The van der Waals surface area contributed by atoms with Gasteiger partial charge < -0.3 is 10.1 Å². The molecule has 0 spiro atoms. The van der Waals surface area contributed by atoms with Crippen molar-refractivity contribution in [2.45, 2.75) is 32.4 Å². The van der Waals surface area contributed by atoms with Crippen LogP contribution in [0.1, 0.15) is 34.7 Å². The average Bonchev–Trinajstić information content (AvgIpc) is 2.88. The molecule has 1 atom stereocenters. The van der Waals surface area contributed by atoms with Crippen molar-refractivity contribution in [1.82, 2.24) is 5.32 Å². The maximum Gasteiger partial charge on any atom is 0.121 e. The van der Waals surface area contributed by atoms with E-state index < -0.39 is 0 Å². The molecule has 3 rings (SSSR count). The number of nitrogens with one attached hydrogen (secondary N) is 1. The average molecular weight is 267 g/mol. The highest BCUT2D eigenvalue weighted by Crippen LogP contribution is 2.31. The molecule has 2 nitrogen and oxygen atoms in total. The summed E-state index contributed by atoms with van der Waals surface area (Å²) in [6.45, 7) is 3.00. The van der Waals surface area contributed by atoms with Crippen LogP contribution in [0, 0.1) is 6.92 Å². The molecule has 1 unspecified atom stereocenters. The molecule has 104 valence electrons.